The summed E-state index contributed by atoms with van der Waals surface area (Å²) < 4.78 is 11.2. The monoisotopic (exact) mass is 315 g/mol. The van der Waals surface area contributed by atoms with Gasteiger partial charge in [-0.15, -0.1) is 0 Å². The van der Waals surface area contributed by atoms with Gasteiger partial charge in [-0.25, -0.2) is 0 Å². The number of carbonyl (C=O) groups is 1. The van der Waals surface area contributed by atoms with E-state index >= 15 is 0 Å². The smallest absolute Gasteiger partial charge is 0.256 e. The summed E-state index contributed by atoms with van der Waals surface area (Å²) in [6.45, 7) is 6.40. The zero-order valence-corrected chi connectivity index (χ0v) is 14.3. The third kappa shape index (κ3) is 3.64. The molecule has 0 aliphatic carbocycles. The lowest BCUT2D eigenvalue weighted by Crippen LogP contribution is -2.42. The molecule has 0 spiro atoms. The second-order valence-electron chi connectivity index (χ2n) is 5.75. The molecule has 0 fully saturated rings. The second-order valence-corrected chi connectivity index (χ2v) is 5.75. The van der Waals surface area contributed by atoms with Gasteiger partial charge in [-0.1, -0.05) is 38.1 Å². The van der Waals surface area contributed by atoms with Crippen LogP contribution in [0.5, 0.6) is 5.75 Å². The molecular weight excluding hydrogens is 290 g/mol. The molecule has 0 radical (unpaired) electrons. The predicted octanol–water partition coefficient (Wildman–Crippen LogP) is 4.38. The van der Waals surface area contributed by atoms with Gasteiger partial charge in [0.1, 0.15) is 11.4 Å². The first kappa shape index (κ1) is 17.3. The van der Waals surface area contributed by atoms with E-state index in [1.54, 1.807) is 7.11 Å². The first-order valence-electron chi connectivity index (χ1n) is 8.07. The molecule has 0 aliphatic heterocycles. The number of benzene rings is 2. The Labute approximate surface area is 137 Å². The van der Waals surface area contributed by atoms with Crippen LogP contribution in [0.1, 0.15) is 33.6 Å². The number of hydrogen-bond acceptors (Lipinski definition) is 3. The molecule has 4 nitrogen and oxygen atoms in total. The fourth-order valence-electron chi connectivity index (χ4n) is 2.47. The lowest BCUT2D eigenvalue weighted by molar-refractivity contribution is -0.139. The van der Waals surface area contributed by atoms with Crippen LogP contribution in [0.3, 0.4) is 0 Å². The first-order chi connectivity index (χ1) is 11.1. The van der Waals surface area contributed by atoms with Crippen LogP contribution in [0.2, 0.25) is 0 Å². The van der Waals surface area contributed by atoms with Crippen LogP contribution in [0.15, 0.2) is 36.4 Å². The largest absolute Gasteiger partial charge is 0.496 e. The Morgan fingerprint density at radius 1 is 1.13 bits per heavy atom. The number of rotatable bonds is 7. The summed E-state index contributed by atoms with van der Waals surface area (Å²) in [6.07, 6.45) is 1.50. The third-order valence-corrected chi connectivity index (χ3v) is 4.13. The molecule has 0 saturated carbocycles. The summed E-state index contributed by atoms with van der Waals surface area (Å²) in [5.41, 5.74) is -0.0528. The van der Waals surface area contributed by atoms with Crippen molar-refractivity contribution in [1.82, 2.24) is 0 Å². The summed E-state index contributed by atoms with van der Waals surface area (Å²) in [6, 6.07) is 11.6. The fraction of sp³-hybridized carbons (Fsp3) is 0.421. The Hall–Kier alpha value is -2.07. The van der Waals surface area contributed by atoms with E-state index in [1.165, 1.54) is 0 Å². The number of fused-ring (bicyclic) bond motifs is 1. The standard InChI is InChI=1S/C19H25NO3/c1-5-13-23-19(3,6-2)18(21)20-16-11-12-17(22-4)15-10-8-7-9-14(15)16/h7-12H,5-6,13H2,1-4H3,(H,20,21). The Balaban J connectivity index is 2.33. The minimum Gasteiger partial charge on any atom is -0.496 e. The molecule has 2 aromatic carbocycles. The van der Waals surface area contributed by atoms with Crippen molar-refractivity contribution in [3.63, 3.8) is 0 Å². The number of hydrogen-bond donors (Lipinski definition) is 1. The maximum Gasteiger partial charge on any atom is 0.256 e. The number of amides is 1. The minimum absolute atomic E-state index is 0.122. The highest BCUT2D eigenvalue weighted by Crippen LogP contribution is 2.32. The molecule has 0 heterocycles. The molecule has 1 atom stereocenters. The van der Waals surface area contributed by atoms with Gasteiger partial charge in [0.15, 0.2) is 0 Å². The highest BCUT2D eigenvalue weighted by molar-refractivity contribution is 6.06. The Bertz CT molecular complexity index is 683. The van der Waals surface area contributed by atoms with Crippen LogP contribution in [0.25, 0.3) is 10.8 Å². The lowest BCUT2D eigenvalue weighted by Gasteiger charge is -2.27. The van der Waals surface area contributed by atoms with Crippen molar-refractivity contribution < 1.29 is 14.3 Å². The van der Waals surface area contributed by atoms with Crippen molar-refractivity contribution in [1.29, 1.82) is 0 Å². The van der Waals surface area contributed by atoms with E-state index in [0.29, 0.717) is 13.0 Å². The average Bonchev–Trinajstić information content (AvgIpc) is 2.59. The van der Waals surface area contributed by atoms with Gasteiger partial charge in [0.2, 0.25) is 0 Å². The maximum atomic E-state index is 12.7. The van der Waals surface area contributed by atoms with E-state index in [1.807, 2.05) is 57.2 Å². The van der Waals surface area contributed by atoms with Crippen LogP contribution in [0.4, 0.5) is 5.69 Å². The molecule has 23 heavy (non-hydrogen) atoms. The van der Waals surface area contributed by atoms with Gasteiger partial charge >= 0.3 is 0 Å². The average molecular weight is 315 g/mol. The number of nitrogens with one attached hydrogen (secondary N) is 1. The molecule has 1 N–H and O–H groups in total. The van der Waals surface area contributed by atoms with E-state index in [4.69, 9.17) is 9.47 Å². The highest BCUT2D eigenvalue weighted by atomic mass is 16.5. The zero-order chi connectivity index (χ0) is 16.9. The Morgan fingerprint density at radius 2 is 1.83 bits per heavy atom. The molecule has 1 amide bonds. The first-order valence-corrected chi connectivity index (χ1v) is 8.07. The molecule has 2 rings (SSSR count). The Kier molecular flexibility index (Phi) is 5.61. The number of carbonyl (C=O) groups excluding carboxylic acids is 1. The van der Waals surface area contributed by atoms with Gasteiger partial charge in [0, 0.05) is 23.1 Å². The van der Waals surface area contributed by atoms with Crippen molar-refractivity contribution in [2.45, 2.75) is 39.2 Å². The summed E-state index contributed by atoms with van der Waals surface area (Å²) in [7, 11) is 1.65. The molecule has 4 heteroatoms. The summed E-state index contributed by atoms with van der Waals surface area (Å²) >= 11 is 0. The van der Waals surface area contributed by atoms with Crippen LogP contribution in [0, 0.1) is 0 Å². The number of anilines is 1. The second kappa shape index (κ2) is 7.47. The van der Waals surface area contributed by atoms with Crippen molar-refractivity contribution in [2.24, 2.45) is 0 Å². The molecule has 0 aromatic heterocycles. The van der Waals surface area contributed by atoms with Crippen LogP contribution in [-0.4, -0.2) is 25.2 Å². The predicted molar refractivity (Wildman–Crippen MR) is 94.1 cm³/mol. The Morgan fingerprint density at radius 3 is 2.43 bits per heavy atom. The molecular formula is C19H25NO3. The van der Waals surface area contributed by atoms with Crippen molar-refractivity contribution in [2.75, 3.05) is 19.0 Å². The minimum atomic E-state index is -0.822. The number of ether oxygens (including phenoxy) is 2. The molecule has 2 aromatic rings. The molecule has 1 unspecified atom stereocenters. The van der Waals surface area contributed by atoms with Gasteiger partial charge < -0.3 is 14.8 Å². The van der Waals surface area contributed by atoms with E-state index in [9.17, 15) is 4.79 Å². The van der Waals surface area contributed by atoms with Crippen molar-refractivity contribution in [3.8, 4) is 5.75 Å². The summed E-state index contributed by atoms with van der Waals surface area (Å²) in [4.78, 5) is 12.7. The quantitative estimate of drug-likeness (QED) is 0.824. The highest BCUT2D eigenvalue weighted by Gasteiger charge is 2.32. The summed E-state index contributed by atoms with van der Waals surface area (Å²) in [5, 5.41) is 4.94. The summed E-state index contributed by atoms with van der Waals surface area (Å²) in [5.74, 6) is 0.669. The van der Waals surface area contributed by atoms with E-state index < -0.39 is 5.60 Å². The van der Waals surface area contributed by atoms with Gasteiger partial charge in [-0.3, -0.25) is 4.79 Å². The van der Waals surface area contributed by atoms with Gasteiger partial charge in [-0.2, -0.15) is 0 Å². The van der Waals surface area contributed by atoms with Gasteiger partial charge in [0.25, 0.3) is 5.91 Å². The van der Waals surface area contributed by atoms with Crippen molar-refractivity contribution >= 4 is 22.4 Å². The van der Waals surface area contributed by atoms with Crippen LogP contribution >= 0.6 is 0 Å². The van der Waals surface area contributed by atoms with E-state index in [0.717, 1.165) is 28.6 Å². The molecule has 124 valence electrons. The topological polar surface area (TPSA) is 47.6 Å². The fourth-order valence-corrected chi connectivity index (χ4v) is 2.47. The maximum absolute atomic E-state index is 12.7. The molecule has 0 bridgehead atoms. The van der Waals surface area contributed by atoms with Gasteiger partial charge in [-0.05, 0) is 31.9 Å². The SMILES string of the molecule is CCCOC(C)(CC)C(=O)Nc1ccc(OC)c2ccccc12. The zero-order valence-electron chi connectivity index (χ0n) is 14.3. The third-order valence-electron chi connectivity index (χ3n) is 4.13. The van der Waals surface area contributed by atoms with E-state index in [-0.39, 0.29) is 5.91 Å². The van der Waals surface area contributed by atoms with Gasteiger partial charge in [0.05, 0.1) is 7.11 Å². The van der Waals surface area contributed by atoms with Crippen molar-refractivity contribution in [3.05, 3.63) is 36.4 Å². The number of methoxy groups -OCH3 is 1. The lowest BCUT2D eigenvalue weighted by atomic mass is 10.0. The van der Waals surface area contributed by atoms with Crippen LogP contribution < -0.4 is 10.1 Å². The normalized spacial score (nSPS) is 13.6. The molecule has 0 aliphatic rings. The van der Waals surface area contributed by atoms with Crippen LogP contribution in [-0.2, 0) is 9.53 Å². The molecule has 0 saturated heterocycles. The van der Waals surface area contributed by atoms with E-state index in [2.05, 4.69) is 5.32 Å².